The number of nitrogens with zero attached hydrogens (tertiary/aromatic N) is 1. The molecule has 1 aliphatic rings. The van der Waals surface area contributed by atoms with Crippen LogP contribution in [0.15, 0.2) is 102 Å². The molecule has 0 aliphatic carbocycles. The molecule has 0 saturated carbocycles. The van der Waals surface area contributed by atoms with Crippen molar-refractivity contribution in [1.29, 1.82) is 0 Å². The van der Waals surface area contributed by atoms with E-state index in [1.165, 1.54) is 12.1 Å². The second-order valence-electron chi connectivity index (χ2n) is 9.93. The lowest BCUT2D eigenvalue weighted by Crippen LogP contribution is -2.40. The number of rotatable bonds is 13. The second-order valence-corrected chi connectivity index (χ2v) is 11.7. The van der Waals surface area contributed by atoms with Crippen LogP contribution < -0.4 is 18.5 Å². The molecule has 1 aliphatic heterocycles. The van der Waals surface area contributed by atoms with Gasteiger partial charge in [-0.2, -0.15) is 0 Å². The molecule has 0 bridgehead atoms. The third-order valence-corrected chi connectivity index (χ3v) is 8.67. The van der Waals surface area contributed by atoms with E-state index >= 15 is 0 Å². The van der Waals surface area contributed by atoms with Crippen LogP contribution in [0.3, 0.4) is 0 Å². The molecule has 10 heteroatoms. The smallest absolute Gasteiger partial charge is 0.493 e. The van der Waals surface area contributed by atoms with Crippen LogP contribution in [-0.2, 0) is 27.6 Å². The Balaban J connectivity index is 1.15. The first-order valence-electron chi connectivity index (χ1n) is 14.1. The topological polar surface area (TPSA) is 112 Å². The summed E-state index contributed by atoms with van der Waals surface area (Å²) >= 11 is 0. The molecule has 0 aromatic heterocycles. The zero-order valence-corrected chi connectivity index (χ0v) is 24.5. The Morgan fingerprint density at radius 3 is 2.30 bits per heavy atom. The predicted octanol–water partition coefficient (Wildman–Crippen LogP) is 7.05. The monoisotopic (exact) mass is 603 g/mol. The zero-order valence-electron chi connectivity index (χ0n) is 23.7. The normalized spacial score (nSPS) is 14.2. The molecule has 0 radical (unpaired) electrons. The number of fused-ring (bicyclic) bond motifs is 1. The number of para-hydroxylation sites is 2. The molecule has 1 N–H and O–H groups in total. The summed E-state index contributed by atoms with van der Waals surface area (Å²) < 4.78 is 50.8. The van der Waals surface area contributed by atoms with E-state index in [0.29, 0.717) is 36.6 Å². The van der Waals surface area contributed by atoms with E-state index in [-0.39, 0.29) is 11.3 Å². The summed E-state index contributed by atoms with van der Waals surface area (Å²) in [5, 5.41) is 9.15. The summed E-state index contributed by atoms with van der Waals surface area (Å²) in [5.74, 6) is 2.85. The molecular weight excluding hydrogens is 570 g/mol. The Labute approximate surface area is 251 Å². The highest BCUT2D eigenvalue weighted by Gasteiger charge is 2.40. The van der Waals surface area contributed by atoms with Crippen LogP contribution in [0.25, 0.3) is 0 Å². The summed E-state index contributed by atoms with van der Waals surface area (Å²) in [6, 6.07) is 28.4. The quantitative estimate of drug-likeness (QED) is 0.128. The molecule has 9 nitrogen and oxygen atoms in total. The summed E-state index contributed by atoms with van der Waals surface area (Å²) in [6.07, 6.45) is -0.136. The van der Waals surface area contributed by atoms with Crippen molar-refractivity contribution in [3.63, 3.8) is 0 Å². The molecule has 4 aromatic rings. The molecule has 0 fully saturated rings. The lowest BCUT2D eigenvalue weighted by atomic mass is 10.1. The first-order chi connectivity index (χ1) is 20.8. The SMILES string of the molecule is CCCc1cc(Oc2ccccc2)ccc1OCCCOc1ccc(S(=O)(=O)N2c3ccccc3C[C@H]2OC(=O)O)cc1. The van der Waals surface area contributed by atoms with Gasteiger partial charge in [-0.25, -0.2) is 17.5 Å². The third-order valence-electron chi connectivity index (χ3n) is 6.85. The number of ether oxygens (including phenoxy) is 4. The number of benzene rings is 4. The number of anilines is 1. The van der Waals surface area contributed by atoms with Gasteiger partial charge in [0, 0.05) is 12.8 Å². The molecule has 4 aromatic carbocycles. The number of hydrogen-bond acceptors (Lipinski definition) is 7. The van der Waals surface area contributed by atoms with Crippen molar-refractivity contribution in [2.24, 2.45) is 0 Å². The van der Waals surface area contributed by atoms with Crippen molar-refractivity contribution in [1.82, 2.24) is 0 Å². The fraction of sp³-hybridized carbons (Fsp3) is 0.242. The van der Waals surface area contributed by atoms with Crippen LogP contribution in [0.2, 0.25) is 0 Å². The number of carbonyl (C=O) groups is 1. The molecule has 224 valence electrons. The molecule has 0 unspecified atom stereocenters. The number of aryl methyl sites for hydroxylation is 1. The predicted molar refractivity (Wildman–Crippen MR) is 162 cm³/mol. The molecule has 0 amide bonds. The Morgan fingerprint density at radius 1 is 0.860 bits per heavy atom. The minimum Gasteiger partial charge on any atom is -0.493 e. The maximum atomic E-state index is 13.5. The van der Waals surface area contributed by atoms with Gasteiger partial charge in [-0.3, -0.25) is 0 Å². The highest BCUT2D eigenvalue weighted by molar-refractivity contribution is 7.92. The van der Waals surface area contributed by atoms with Gasteiger partial charge in [0.1, 0.15) is 23.0 Å². The Bertz CT molecular complexity index is 1640. The van der Waals surface area contributed by atoms with Crippen LogP contribution in [0.4, 0.5) is 10.5 Å². The fourth-order valence-corrected chi connectivity index (χ4v) is 6.49. The van der Waals surface area contributed by atoms with Gasteiger partial charge >= 0.3 is 6.16 Å². The number of sulfonamides is 1. The van der Waals surface area contributed by atoms with Crippen LogP contribution in [0.1, 0.15) is 30.9 Å². The van der Waals surface area contributed by atoms with Crippen molar-refractivity contribution in [3.05, 3.63) is 108 Å². The number of hydrogen-bond donors (Lipinski definition) is 1. The molecule has 1 heterocycles. The van der Waals surface area contributed by atoms with Gasteiger partial charge in [-0.05, 0) is 78.2 Å². The Kier molecular flexibility index (Phi) is 9.36. The van der Waals surface area contributed by atoms with E-state index in [1.807, 2.05) is 48.5 Å². The Morgan fingerprint density at radius 2 is 1.56 bits per heavy atom. The summed E-state index contributed by atoms with van der Waals surface area (Å²) in [4.78, 5) is 11.2. The van der Waals surface area contributed by atoms with Crippen LogP contribution >= 0.6 is 0 Å². The van der Waals surface area contributed by atoms with Gasteiger partial charge in [0.05, 0.1) is 23.8 Å². The summed E-state index contributed by atoms with van der Waals surface area (Å²) in [6.45, 7) is 2.94. The summed E-state index contributed by atoms with van der Waals surface area (Å²) in [7, 11) is -4.09. The largest absolute Gasteiger partial charge is 0.507 e. The lowest BCUT2D eigenvalue weighted by Gasteiger charge is -2.25. The van der Waals surface area contributed by atoms with E-state index in [2.05, 4.69) is 6.92 Å². The van der Waals surface area contributed by atoms with Gasteiger partial charge in [0.15, 0.2) is 6.23 Å². The minimum atomic E-state index is -4.09. The van der Waals surface area contributed by atoms with Crippen molar-refractivity contribution >= 4 is 21.9 Å². The second kappa shape index (κ2) is 13.5. The molecule has 0 saturated heterocycles. The third kappa shape index (κ3) is 7.21. The van der Waals surface area contributed by atoms with E-state index in [0.717, 1.165) is 40.0 Å². The van der Waals surface area contributed by atoms with E-state index < -0.39 is 22.4 Å². The first kappa shape index (κ1) is 29.8. The highest BCUT2D eigenvalue weighted by atomic mass is 32.2. The standard InChI is InChI=1S/C33H33NO8S/c1-2-9-25-22-28(41-27-11-4-3-5-12-27)16-19-31(25)40-21-8-20-39-26-14-17-29(18-15-26)43(37,38)34-30-13-7-6-10-24(30)23-32(34)42-33(35)36/h3-7,10-19,22,32H,2,8-9,20-21,23H2,1H3,(H,35,36)/t32-/m1/s1. The molecule has 1 atom stereocenters. The fourth-order valence-electron chi connectivity index (χ4n) is 4.92. The van der Waals surface area contributed by atoms with Crippen LogP contribution in [0.5, 0.6) is 23.0 Å². The lowest BCUT2D eigenvalue weighted by molar-refractivity contribution is 0.0596. The molecule has 5 rings (SSSR count). The van der Waals surface area contributed by atoms with Crippen molar-refractivity contribution in [3.8, 4) is 23.0 Å². The minimum absolute atomic E-state index is 0.00187. The summed E-state index contributed by atoms with van der Waals surface area (Å²) in [5.41, 5.74) is 2.16. The van der Waals surface area contributed by atoms with Crippen LogP contribution in [-0.4, -0.2) is 39.1 Å². The zero-order chi connectivity index (χ0) is 30.2. The molecular formula is C33H33NO8S. The van der Waals surface area contributed by atoms with Gasteiger partial charge in [0.25, 0.3) is 10.0 Å². The van der Waals surface area contributed by atoms with Gasteiger partial charge in [-0.15, -0.1) is 0 Å². The Hall–Kier alpha value is -4.70. The number of carboxylic acid groups (broad SMARTS) is 1. The van der Waals surface area contributed by atoms with Gasteiger partial charge < -0.3 is 24.1 Å². The molecule has 0 spiro atoms. The van der Waals surface area contributed by atoms with E-state index in [4.69, 9.17) is 24.1 Å². The maximum absolute atomic E-state index is 13.5. The van der Waals surface area contributed by atoms with Crippen molar-refractivity contribution in [2.75, 3.05) is 17.5 Å². The van der Waals surface area contributed by atoms with Gasteiger partial charge in [0.2, 0.25) is 0 Å². The average molecular weight is 604 g/mol. The van der Waals surface area contributed by atoms with E-state index in [9.17, 15) is 13.2 Å². The highest BCUT2D eigenvalue weighted by Crippen LogP contribution is 2.37. The van der Waals surface area contributed by atoms with Crippen LogP contribution in [0, 0.1) is 0 Å². The van der Waals surface area contributed by atoms with E-state index in [1.54, 1.807) is 36.4 Å². The first-order valence-corrected chi connectivity index (χ1v) is 15.5. The molecule has 43 heavy (non-hydrogen) atoms. The average Bonchev–Trinajstić information content (AvgIpc) is 3.37. The maximum Gasteiger partial charge on any atom is 0.507 e. The van der Waals surface area contributed by atoms with Crippen molar-refractivity contribution in [2.45, 2.75) is 43.7 Å². The van der Waals surface area contributed by atoms with Crippen molar-refractivity contribution < 1.29 is 37.3 Å². The van der Waals surface area contributed by atoms with Gasteiger partial charge in [-0.1, -0.05) is 49.7 Å².